The van der Waals surface area contributed by atoms with Gasteiger partial charge in [-0.1, -0.05) is 12.1 Å². The van der Waals surface area contributed by atoms with Crippen LogP contribution in [0.4, 0.5) is 5.69 Å². The Balaban J connectivity index is 2.74. The van der Waals surface area contributed by atoms with Gasteiger partial charge in [0, 0.05) is 31.9 Å². The molecule has 0 aromatic heterocycles. The number of hydrogen-bond acceptors (Lipinski definition) is 4. The fourth-order valence-electron chi connectivity index (χ4n) is 2.16. The average Bonchev–Trinajstić information content (AvgIpc) is 2.58. The first-order valence-corrected chi connectivity index (χ1v) is 7.98. The van der Waals surface area contributed by atoms with Gasteiger partial charge < -0.3 is 15.0 Å². The summed E-state index contributed by atoms with van der Waals surface area (Å²) in [5.41, 5.74) is 2.06. The van der Waals surface area contributed by atoms with E-state index in [1.807, 2.05) is 37.3 Å². The van der Waals surface area contributed by atoms with Gasteiger partial charge in [-0.2, -0.15) is 5.26 Å². The van der Waals surface area contributed by atoms with E-state index in [2.05, 4.69) is 24.1 Å². The van der Waals surface area contributed by atoms with Crippen molar-refractivity contribution in [3.63, 3.8) is 0 Å². The van der Waals surface area contributed by atoms with E-state index in [0.717, 1.165) is 24.3 Å². The molecule has 5 heteroatoms. The lowest BCUT2D eigenvalue weighted by molar-refractivity contribution is -0.117. The highest BCUT2D eigenvalue weighted by Crippen LogP contribution is 2.16. The maximum absolute atomic E-state index is 11.9. The first kappa shape index (κ1) is 18.7. The Kier molecular flexibility index (Phi) is 8.48. The Morgan fingerprint density at radius 2 is 1.91 bits per heavy atom. The molecule has 1 rings (SSSR count). The zero-order valence-electron chi connectivity index (χ0n) is 14.1. The standard InChI is InChI=1S/C18H25N3O2/c1-4-21(5-2)17-9-7-15(8-10-17)13-16(14-19)18(22)20-11-12-23-6-3/h7-10,13H,4-6,11-12H2,1-3H3,(H,20,22)/b16-13+. The molecule has 0 spiro atoms. The average molecular weight is 315 g/mol. The topological polar surface area (TPSA) is 65.4 Å². The molecular formula is C18H25N3O2. The second-order valence-corrected chi connectivity index (χ2v) is 4.89. The van der Waals surface area contributed by atoms with Gasteiger partial charge in [0.15, 0.2) is 0 Å². The van der Waals surface area contributed by atoms with Crippen molar-refractivity contribution in [2.24, 2.45) is 0 Å². The molecule has 1 amide bonds. The molecule has 5 nitrogen and oxygen atoms in total. The molecule has 0 radical (unpaired) electrons. The predicted octanol–water partition coefficient (Wildman–Crippen LogP) is 2.59. The first-order chi connectivity index (χ1) is 11.2. The summed E-state index contributed by atoms with van der Waals surface area (Å²) >= 11 is 0. The van der Waals surface area contributed by atoms with Gasteiger partial charge in [-0.3, -0.25) is 4.79 Å². The van der Waals surface area contributed by atoms with Crippen LogP contribution in [0.15, 0.2) is 29.8 Å². The van der Waals surface area contributed by atoms with E-state index in [4.69, 9.17) is 10.00 Å². The molecule has 0 fully saturated rings. The number of nitrogens with one attached hydrogen (secondary N) is 1. The summed E-state index contributed by atoms with van der Waals surface area (Å²) in [6.45, 7) is 9.44. The normalized spacial score (nSPS) is 11.0. The molecule has 0 saturated carbocycles. The van der Waals surface area contributed by atoms with Crippen molar-refractivity contribution in [1.29, 1.82) is 5.26 Å². The molecule has 0 aliphatic heterocycles. The van der Waals surface area contributed by atoms with Gasteiger partial charge in [0.2, 0.25) is 0 Å². The van der Waals surface area contributed by atoms with Crippen LogP contribution in [-0.2, 0) is 9.53 Å². The molecule has 0 heterocycles. The minimum atomic E-state index is -0.375. The highest BCUT2D eigenvalue weighted by Gasteiger charge is 2.08. The van der Waals surface area contributed by atoms with Gasteiger partial charge >= 0.3 is 0 Å². The quantitative estimate of drug-likeness (QED) is 0.432. The van der Waals surface area contributed by atoms with Gasteiger partial charge in [0.25, 0.3) is 5.91 Å². The molecule has 23 heavy (non-hydrogen) atoms. The second-order valence-electron chi connectivity index (χ2n) is 4.89. The van der Waals surface area contributed by atoms with Crippen molar-refractivity contribution in [2.45, 2.75) is 20.8 Å². The van der Waals surface area contributed by atoms with Gasteiger partial charge in [0.1, 0.15) is 11.6 Å². The maximum atomic E-state index is 11.9. The minimum absolute atomic E-state index is 0.0945. The molecule has 124 valence electrons. The number of rotatable bonds is 9. The van der Waals surface area contributed by atoms with Gasteiger partial charge in [0.05, 0.1) is 6.61 Å². The lowest BCUT2D eigenvalue weighted by atomic mass is 10.1. The van der Waals surface area contributed by atoms with Crippen molar-refractivity contribution < 1.29 is 9.53 Å². The number of ether oxygens (including phenoxy) is 1. The number of anilines is 1. The van der Waals surface area contributed by atoms with E-state index in [1.54, 1.807) is 6.08 Å². The summed E-state index contributed by atoms with van der Waals surface area (Å²) in [4.78, 5) is 14.2. The van der Waals surface area contributed by atoms with Crippen molar-refractivity contribution in [1.82, 2.24) is 5.32 Å². The molecule has 0 atom stereocenters. The van der Waals surface area contributed by atoms with Crippen LogP contribution in [0, 0.1) is 11.3 Å². The third-order valence-electron chi connectivity index (χ3n) is 3.43. The van der Waals surface area contributed by atoms with E-state index >= 15 is 0 Å². The third kappa shape index (κ3) is 6.13. The minimum Gasteiger partial charge on any atom is -0.380 e. The number of benzene rings is 1. The van der Waals surface area contributed by atoms with E-state index in [9.17, 15) is 4.79 Å². The van der Waals surface area contributed by atoms with Gasteiger partial charge in [-0.05, 0) is 44.5 Å². The van der Waals surface area contributed by atoms with Crippen molar-refractivity contribution in [3.05, 3.63) is 35.4 Å². The van der Waals surface area contributed by atoms with E-state index in [-0.39, 0.29) is 11.5 Å². The summed E-state index contributed by atoms with van der Waals surface area (Å²) in [7, 11) is 0. The Morgan fingerprint density at radius 1 is 1.26 bits per heavy atom. The van der Waals surface area contributed by atoms with Crippen LogP contribution >= 0.6 is 0 Å². The third-order valence-corrected chi connectivity index (χ3v) is 3.43. The smallest absolute Gasteiger partial charge is 0.262 e. The van der Waals surface area contributed by atoms with E-state index in [1.165, 1.54) is 0 Å². The summed E-state index contributed by atoms with van der Waals surface area (Å²) in [5.74, 6) is -0.375. The van der Waals surface area contributed by atoms with Gasteiger partial charge in [-0.25, -0.2) is 0 Å². The number of carbonyl (C=O) groups is 1. The van der Waals surface area contributed by atoms with Crippen molar-refractivity contribution in [3.8, 4) is 6.07 Å². The largest absolute Gasteiger partial charge is 0.380 e. The number of nitrogens with zero attached hydrogens (tertiary/aromatic N) is 2. The highest BCUT2D eigenvalue weighted by molar-refractivity contribution is 6.01. The lowest BCUT2D eigenvalue weighted by Crippen LogP contribution is -2.28. The molecule has 1 aromatic carbocycles. The second kappa shape index (κ2) is 10.4. The number of nitriles is 1. The number of hydrogen-bond donors (Lipinski definition) is 1. The zero-order chi connectivity index (χ0) is 17.1. The van der Waals surface area contributed by atoms with Crippen molar-refractivity contribution >= 4 is 17.7 Å². The molecule has 0 saturated heterocycles. The van der Waals surface area contributed by atoms with E-state index in [0.29, 0.717) is 19.8 Å². The maximum Gasteiger partial charge on any atom is 0.262 e. The monoisotopic (exact) mass is 315 g/mol. The Labute approximate surface area is 138 Å². The molecule has 1 N–H and O–H groups in total. The summed E-state index contributed by atoms with van der Waals surface area (Å²) in [5, 5.41) is 11.8. The molecule has 0 aliphatic carbocycles. The van der Waals surface area contributed by atoms with Crippen LogP contribution in [0.25, 0.3) is 6.08 Å². The summed E-state index contributed by atoms with van der Waals surface area (Å²) in [6.07, 6.45) is 1.60. The van der Waals surface area contributed by atoms with E-state index < -0.39 is 0 Å². The first-order valence-electron chi connectivity index (χ1n) is 7.98. The molecule has 0 bridgehead atoms. The van der Waals surface area contributed by atoms with Crippen LogP contribution < -0.4 is 10.2 Å². The SMILES string of the molecule is CCOCCNC(=O)/C(C#N)=C/c1ccc(N(CC)CC)cc1. The lowest BCUT2D eigenvalue weighted by Gasteiger charge is -2.20. The van der Waals surface area contributed by atoms with Crippen LogP contribution in [0.2, 0.25) is 0 Å². The van der Waals surface area contributed by atoms with Crippen LogP contribution in [0.5, 0.6) is 0 Å². The van der Waals surface area contributed by atoms with Crippen LogP contribution in [-0.4, -0.2) is 38.8 Å². The summed E-state index contributed by atoms with van der Waals surface area (Å²) in [6, 6.07) is 9.78. The number of carbonyl (C=O) groups excluding carboxylic acids is 1. The predicted molar refractivity (Wildman–Crippen MR) is 93.1 cm³/mol. The van der Waals surface area contributed by atoms with Crippen LogP contribution in [0.1, 0.15) is 26.3 Å². The van der Waals surface area contributed by atoms with Crippen LogP contribution in [0.3, 0.4) is 0 Å². The van der Waals surface area contributed by atoms with Gasteiger partial charge in [-0.15, -0.1) is 0 Å². The van der Waals surface area contributed by atoms with Crippen molar-refractivity contribution in [2.75, 3.05) is 37.7 Å². The fraction of sp³-hybridized carbons (Fsp3) is 0.444. The fourth-order valence-corrected chi connectivity index (χ4v) is 2.16. The Morgan fingerprint density at radius 3 is 2.43 bits per heavy atom. The molecule has 0 aliphatic rings. The zero-order valence-corrected chi connectivity index (χ0v) is 14.1. The number of amides is 1. The molecular weight excluding hydrogens is 290 g/mol. The Hall–Kier alpha value is -2.32. The highest BCUT2D eigenvalue weighted by atomic mass is 16.5. The Bertz CT molecular complexity index is 555. The summed E-state index contributed by atoms with van der Waals surface area (Å²) < 4.78 is 5.15. The molecule has 0 unspecified atom stereocenters. The molecule has 1 aromatic rings.